The second kappa shape index (κ2) is 8.23. The van der Waals surface area contributed by atoms with Crippen LogP contribution in [-0.2, 0) is 17.8 Å². The number of benzene rings is 1. The number of fused-ring (bicyclic) bond motifs is 1. The zero-order valence-electron chi connectivity index (χ0n) is 17.0. The van der Waals surface area contributed by atoms with Crippen molar-refractivity contribution < 1.29 is 23.0 Å². The summed E-state index contributed by atoms with van der Waals surface area (Å²) in [4.78, 5) is 24.2. The van der Waals surface area contributed by atoms with E-state index in [1.165, 1.54) is 28.3 Å². The number of hydrogen-bond donors (Lipinski definition) is 0. The average Bonchev–Trinajstić information content (AvgIpc) is 3.35. The number of amides is 1. The number of hydrogen-bond acceptors (Lipinski definition) is 7. The molecule has 166 valence electrons. The van der Waals surface area contributed by atoms with Crippen molar-refractivity contribution in [3.05, 3.63) is 59.7 Å². The topological polar surface area (TPSA) is 95.3 Å². The van der Waals surface area contributed by atoms with E-state index in [1.54, 1.807) is 24.3 Å². The zero-order chi connectivity index (χ0) is 22.1. The van der Waals surface area contributed by atoms with Gasteiger partial charge in [0, 0.05) is 31.1 Å². The molecule has 3 aromatic rings. The smallest absolute Gasteiger partial charge is 0.317 e. The van der Waals surface area contributed by atoms with E-state index in [2.05, 4.69) is 20.2 Å². The molecule has 1 fully saturated rings. The van der Waals surface area contributed by atoms with Crippen LogP contribution < -0.4 is 4.74 Å². The molecule has 0 saturated carbocycles. The van der Waals surface area contributed by atoms with E-state index in [1.807, 2.05) is 0 Å². The van der Waals surface area contributed by atoms with Crippen LogP contribution in [0.2, 0.25) is 0 Å². The van der Waals surface area contributed by atoms with Crippen molar-refractivity contribution in [3.8, 4) is 11.7 Å². The van der Waals surface area contributed by atoms with Crippen LogP contribution in [0.1, 0.15) is 28.0 Å². The summed E-state index contributed by atoms with van der Waals surface area (Å²) in [5, 5.41) is 8.14. The largest absolute Gasteiger partial charge is 0.452 e. The molecule has 1 atom stereocenters. The minimum absolute atomic E-state index is 0.102. The van der Waals surface area contributed by atoms with Gasteiger partial charge < -0.3 is 14.4 Å². The predicted octanol–water partition coefficient (Wildman–Crippen LogP) is 2.06. The molecule has 0 spiro atoms. The Labute approximate surface area is 182 Å². The molecule has 0 N–H and O–H groups in total. The van der Waals surface area contributed by atoms with Crippen molar-refractivity contribution in [2.75, 3.05) is 19.7 Å². The van der Waals surface area contributed by atoms with Crippen molar-refractivity contribution in [2.45, 2.75) is 31.5 Å². The molecule has 2 aromatic heterocycles. The monoisotopic (exact) mass is 442 g/mol. The Kier molecular flexibility index (Phi) is 5.25. The molecule has 11 heteroatoms. The average molecular weight is 442 g/mol. The minimum atomic E-state index is -3.12. The third-order valence-corrected chi connectivity index (χ3v) is 5.55. The Hall–Kier alpha value is -3.47. The normalized spacial score (nSPS) is 19.9. The zero-order valence-corrected chi connectivity index (χ0v) is 17.0. The van der Waals surface area contributed by atoms with E-state index in [9.17, 15) is 13.6 Å². The summed E-state index contributed by atoms with van der Waals surface area (Å²) in [5.41, 5.74) is 2.34. The van der Waals surface area contributed by atoms with Gasteiger partial charge in [-0.3, -0.25) is 4.79 Å². The summed E-state index contributed by atoms with van der Waals surface area (Å²) in [6.07, 6.45) is 3.01. The third-order valence-electron chi connectivity index (χ3n) is 5.55. The summed E-state index contributed by atoms with van der Waals surface area (Å²) in [6, 6.07) is 6.66. The second-order valence-corrected chi connectivity index (χ2v) is 7.63. The maximum Gasteiger partial charge on any atom is 0.317 e. The second-order valence-electron chi connectivity index (χ2n) is 7.63. The minimum Gasteiger partial charge on any atom is -0.452 e. The molecule has 1 amide bonds. The molecule has 4 heterocycles. The molecule has 1 unspecified atom stereocenters. The molecule has 0 aliphatic carbocycles. The number of rotatable bonds is 4. The molecular weight excluding hydrogens is 422 g/mol. The Bertz CT molecular complexity index is 1120. The number of nitrogens with zero attached hydrogens (tertiary/aromatic N) is 6. The summed E-state index contributed by atoms with van der Waals surface area (Å²) in [7, 11) is 0. The van der Waals surface area contributed by atoms with Gasteiger partial charge in [-0.25, -0.2) is 13.8 Å². The number of para-hydroxylation sites is 1. The van der Waals surface area contributed by atoms with Crippen LogP contribution in [0.3, 0.4) is 0 Å². The fourth-order valence-corrected chi connectivity index (χ4v) is 3.81. The lowest BCUT2D eigenvalue weighted by Crippen LogP contribution is -2.55. The van der Waals surface area contributed by atoms with Gasteiger partial charge in [-0.1, -0.05) is 12.1 Å². The number of piperidine rings is 1. The lowest BCUT2D eigenvalue weighted by Gasteiger charge is -2.37. The number of carbonyl (C=O) groups is 1. The van der Waals surface area contributed by atoms with Crippen LogP contribution in [0, 0.1) is 0 Å². The van der Waals surface area contributed by atoms with Crippen molar-refractivity contribution >= 4 is 5.91 Å². The van der Waals surface area contributed by atoms with Crippen LogP contribution in [0.25, 0.3) is 5.69 Å². The van der Waals surface area contributed by atoms with Crippen LogP contribution in [0.5, 0.6) is 6.01 Å². The molecule has 1 aromatic carbocycles. The quantitative estimate of drug-likeness (QED) is 0.610. The third kappa shape index (κ3) is 3.91. The molecular formula is C21H20F2N6O3. The molecule has 32 heavy (non-hydrogen) atoms. The molecule has 2 aliphatic rings. The first-order chi connectivity index (χ1) is 15.5. The fraction of sp³-hybridized carbons (Fsp3) is 0.381. The van der Waals surface area contributed by atoms with Crippen LogP contribution in [-0.4, -0.2) is 67.5 Å². The molecule has 1 saturated heterocycles. The van der Waals surface area contributed by atoms with E-state index in [0.29, 0.717) is 30.9 Å². The lowest BCUT2D eigenvalue weighted by atomic mass is 10.0. The van der Waals surface area contributed by atoms with Gasteiger partial charge in [0.25, 0.3) is 11.8 Å². The van der Waals surface area contributed by atoms with Crippen molar-refractivity contribution in [1.82, 2.24) is 29.9 Å². The highest BCUT2D eigenvalue weighted by Gasteiger charge is 2.47. The SMILES string of the molecule is O=C(c1ccccc1-n1nccn1)N1CCC(F)(F)C(Oc2ncc3c(n2)CCOC3)C1. The summed E-state index contributed by atoms with van der Waals surface area (Å²) in [6.45, 7) is 0.503. The van der Waals surface area contributed by atoms with Gasteiger partial charge >= 0.3 is 6.01 Å². The first-order valence-corrected chi connectivity index (χ1v) is 10.2. The highest BCUT2D eigenvalue weighted by Crippen LogP contribution is 2.32. The Morgan fingerprint density at radius 1 is 1.22 bits per heavy atom. The number of ether oxygens (including phenoxy) is 2. The Balaban J connectivity index is 1.37. The lowest BCUT2D eigenvalue weighted by molar-refractivity contribution is -0.132. The molecule has 5 rings (SSSR count). The number of aromatic nitrogens is 5. The Morgan fingerprint density at radius 3 is 2.88 bits per heavy atom. The molecule has 0 bridgehead atoms. The van der Waals surface area contributed by atoms with Crippen molar-refractivity contribution in [2.24, 2.45) is 0 Å². The summed E-state index contributed by atoms with van der Waals surface area (Å²) < 4.78 is 40.2. The van der Waals surface area contributed by atoms with Gasteiger partial charge in [0.1, 0.15) is 0 Å². The number of carbonyl (C=O) groups excluding carboxylic acids is 1. The van der Waals surface area contributed by atoms with Gasteiger partial charge in [-0.2, -0.15) is 20.0 Å². The highest BCUT2D eigenvalue weighted by molar-refractivity contribution is 5.97. The standard InChI is InChI=1S/C21H20F2N6O3/c22-21(23)6-9-28(19(30)15-3-1-2-4-17(15)29-25-7-8-26-29)12-18(21)32-20-24-11-14-13-31-10-5-16(14)27-20/h1-4,7-8,11,18H,5-6,9-10,12-13H2. The first kappa shape index (κ1) is 20.4. The highest BCUT2D eigenvalue weighted by atomic mass is 19.3. The van der Waals surface area contributed by atoms with Gasteiger partial charge in [0.15, 0.2) is 6.10 Å². The van der Waals surface area contributed by atoms with Crippen molar-refractivity contribution in [1.29, 1.82) is 0 Å². The maximum atomic E-state index is 14.7. The predicted molar refractivity (Wildman–Crippen MR) is 107 cm³/mol. The van der Waals surface area contributed by atoms with Gasteiger partial charge in [0.2, 0.25) is 0 Å². The fourth-order valence-electron chi connectivity index (χ4n) is 3.81. The van der Waals surface area contributed by atoms with Crippen LogP contribution in [0.15, 0.2) is 42.9 Å². The van der Waals surface area contributed by atoms with Crippen LogP contribution in [0.4, 0.5) is 8.78 Å². The Morgan fingerprint density at radius 2 is 2.03 bits per heavy atom. The van der Waals surface area contributed by atoms with E-state index in [-0.39, 0.29) is 19.1 Å². The van der Waals surface area contributed by atoms with Crippen LogP contribution >= 0.6 is 0 Å². The van der Waals surface area contributed by atoms with Gasteiger partial charge in [-0.05, 0) is 12.1 Å². The maximum absolute atomic E-state index is 14.7. The number of alkyl halides is 2. The van der Waals surface area contributed by atoms with Gasteiger partial charge in [-0.15, -0.1) is 0 Å². The first-order valence-electron chi connectivity index (χ1n) is 10.2. The molecule has 0 radical (unpaired) electrons. The van der Waals surface area contributed by atoms with E-state index in [0.717, 1.165) is 11.3 Å². The number of halogens is 2. The van der Waals surface area contributed by atoms with E-state index >= 15 is 0 Å². The molecule has 2 aliphatic heterocycles. The summed E-state index contributed by atoms with van der Waals surface area (Å²) >= 11 is 0. The van der Waals surface area contributed by atoms with E-state index in [4.69, 9.17) is 9.47 Å². The molecule has 9 nitrogen and oxygen atoms in total. The van der Waals surface area contributed by atoms with Crippen molar-refractivity contribution in [3.63, 3.8) is 0 Å². The van der Waals surface area contributed by atoms with Gasteiger partial charge in [0.05, 0.1) is 49.1 Å². The number of likely N-dealkylation sites (tertiary alicyclic amines) is 1. The van der Waals surface area contributed by atoms with E-state index < -0.39 is 24.4 Å². The summed E-state index contributed by atoms with van der Waals surface area (Å²) in [5.74, 6) is -3.52.